The third kappa shape index (κ3) is 5.19. The van der Waals surface area contributed by atoms with Gasteiger partial charge in [0.25, 0.3) is 0 Å². The number of aromatic nitrogens is 2. The first kappa shape index (κ1) is 17.2. The highest BCUT2D eigenvalue weighted by atomic mass is 79.9. The van der Waals surface area contributed by atoms with Gasteiger partial charge in [0.1, 0.15) is 23.7 Å². The van der Waals surface area contributed by atoms with E-state index < -0.39 is 0 Å². The molecular formula is C19H19BrN4O. The zero-order chi connectivity index (χ0) is 17.5. The van der Waals surface area contributed by atoms with Gasteiger partial charge in [0.2, 0.25) is 0 Å². The molecule has 0 aliphatic heterocycles. The number of benzene rings is 2. The molecule has 0 unspecified atom stereocenters. The van der Waals surface area contributed by atoms with Gasteiger partial charge in [0.15, 0.2) is 0 Å². The predicted octanol–water partition coefficient (Wildman–Crippen LogP) is 4.65. The molecule has 0 bridgehead atoms. The van der Waals surface area contributed by atoms with Crippen molar-refractivity contribution in [2.45, 2.75) is 6.42 Å². The fourth-order valence-electron chi connectivity index (χ4n) is 2.33. The number of halogens is 1. The van der Waals surface area contributed by atoms with Crippen LogP contribution in [0.25, 0.3) is 0 Å². The van der Waals surface area contributed by atoms with Crippen molar-refractivity contribution >= 4 is 33.3 Å². The third-order valence-corrected chi connectivity index (χ3v) is 4.19. The van der Waals surface area contributed by atoms with E-state index in [4.69, 9.17) is 4.74 Å². The fourth-order valence-corrected chi connectivity index (χ4v) is 2.59. The molecule has 3 aromatic rings. The van der Waals surface area contributed by atoms with Gasteiger partial charge >= 0.3 is 0 Å². The summed E-state index contributed by atoms with van der Waals surface area (Å²) in [6.07, 6.45) is 2.46. The molecule has 0 fully saturated rings. The summed E-state index contributed by atoms with van der Waals surface area (Å²) in [5.74, 6) is 2.42. The Kier molecular flexibility index (Phi) is 5.85. The molecule has 3 rings (SSSR count). The number of rotatable bonds is 7. The lowest BCUT2D eigenvalue weighted by Gasteiger charge is -2.09. The van der Waals surface area contributed by atoms with E-state index in [2.05, 4.69) is 48.7 Å². The lowest BCUT2D eigenvalue weighted by atomic mass is 10.1. The Balaban J connectivity index is 1.55. The van der Waals surface area contributed by atoms with Crippen LogP contribution < -0.4 is 15.4 Å². The van der Waals surface area contributed by atoms with Crippen molar-refractivity contribution in [3.8, 4) is 5.75 Å². The van der Waals surface area contributed by atoms with E-state index in [1.165, 1.54) is 5.56 Å². The van der Waals surface area contributed by atoms with Crippen molar-refractivity contribution in [1.82, 2.24) is 9.97 Å². The largest absolute Gasteiger partial charge is 0.497 e. The van der Waals surface area contributed by atoms with E-state index in [-0.39, 0.29) is 0 Å². The Labute approximate surface area is 155 Å². The molecule has 0 amide bonds. The standard InChI is InChI=1S/C19H19BrN4O/c1-25-17-8-2-14(3-9-17)10-11-21-18-12-19(23-13-22-18)24-16-6-4-15(20)5-7-16/h2-9,12-13H,10-11H2,1H3,(H2,21,22,23,24). The van der Waals surface area contributed by atoms with Gasteiger partial charge in [-0.1, -0.05) is 28.1 Å². The summed E-state index contributed by atoms with van der Waals surface area (Å²) in [4.78, 5) is 8.52. The Morgan fingerprint density at radius 3 is 2.40 bits per heavy atom. The average Bonchev–Trinajstić information content (AvgIpc) is 2.65. The molecule has 0 saturated heterocycles. The van der Waals surface area contributed by atoms with E-state index in [0.29, 0.717) is 0 Å². The molecule has 25 heavy (non-hydrogen) atoms. The highest BCUT2D eigenvalue weighted by molar-refractivity contribution is 9.10. The van der Waals surface area contributed by atoms with Crippen LogP contribution in [0, 0.1) is 0 Å². The molecule has 2 aromatic carbocycles. The van der Waals surface area contributed by atoms with Crippen LogP contribution in [0.5, 0.6) is 5.75 Å². The number of nitrogens with one attached hydrogen (secondary N) is 2. The normalized spacial score (nSPS) is 10.3. The smallest absolute Gasteiger partial charge is 0.135 e. The van der Waals surface area contributed by atoms with Gasteiger partial charge in [-0.25, -0.2) is 9.97 Å². The van der Waals surface area contributed by atoms with Gasteiger partial charge in [-0.2, -0.15) is 0 Å². The summed E-state index contributed by atoms with van der Waals surface area (Å²) < 4.78 is 6.21. The maximum Gasteiger partial charge on any atom is 0.135 e. The van der Waals surface area contributed by atoms with Crippen LogP contribution in [0.2, 0.25) is 0 Å². The van der Waals surface area contributed by atoms with Crippen LogP contribution in [-0.4, -0.2) is 23.6 Å². The van der Waals surface area contributed by atoms with Crippen molar-refractivity contribution in [3.63, 3.8) is 0 Å². The molecule has 0 spiro atoms. The maximum absolute atomic E-state index is 5.17. The predicted molar refractivity (Wildman–Crippen MR) is 105 cm³/mol. The molecule has 0 aliphatic carbocycles. The number of nitrogens with zero attached hydrogens (tertiary/aromatic N) is 2. The van der Waals surface area contributed by atoms with Crippen molar-refractivity contribution in [2.24, 2.45) is 0 Å². The first-order valence-corrected chi connectivity index (χ1v) is 8.74. The van der Waals surface area contributed by atoms with Crippen LogP contribution >= 0.6 is 15.9 Å². The maximum atomic E-state index is 5.17. The number of hydrogen-bond acceptors (Lipinski definition) is 5. The van der Waals surface area contributed by atoms with Crippen molar-refractivity contribution < 1.29 is 4.74 Å². The summed E-state index contributed by atoms with van der Waals surface area (Å²) in [6.45, 7) is 0.793. The van der Waals surface area contributed by atoms with Crippen LogP contribution in [0.3, 0.4) is 0 Å². The Bertz CT molecular complexity index is 806. The lowest BCUT2D eigenvalue weighted by Crippen LogP contribution is -2.07. The average molecular weight is 399 g/mol. The molecule has 0 radical (unpaired) electrons. The summed E-state index contributed by atoms with van der Waals surface area (Å²) in [5, 5.41) is 6.59. The molecule has 2 N–H and O–H groups in total. The van der Waals surface area contributed by atoms with E-state index >= 15 is 0 Å². The summed E-state index contributed by atoms with van der Waals surface area (Å²) in [6, 6.07) is 17.9. The van der Waals surface area contributed by atoms with Gasteiger partial charge in [-0.15, -0.1) is 0 Å². The highest BCUT2D eigenvalue weighted by Crippen LogP contribution is 2.19. The van der Waals surface area contributed by atoms with Crippen molar-refractivity contribution in [2.75, 3.05) is 24.3 Å². The monoisotopic (exact) mass is 398 g/mol. The third-order valence-electron chi connectivity index (χ3n) is 3.66. The molecule has 0 aliphatic rings. The zero-order valence-electron chi connectivity index (χ0n) is 13.9. The molecule has 128 valence electrons. The SMILES string of the molecule is COc1ccc(CCNc2cc(Nc3ccc(Br)cc3)ncn2)cc1. The molecule has 1 heterocycles. The number of ether oxygens (including phenoxy) is 1. The molecule has 1 aromatic heterocycles. The lowest BCUT2D eigenvalue weighted by molar-refractivity contribution is 0.414. The molecular weight excluding hydrogens is 380 g/mol. The van der Waals surface area contributed by atoms with E-state index in [1.54, 1.807) is 13.4 Å². The molecule has 0 atom stereocenters. The van der Waals surface area contributed by atoms with Gasteiger partial charge < -0.3 is 15.4 Å². The second-order valence-corrected chi connectivity index (χ2v) is 6.36. The second kappa shape index (κ2) is 8.48. The topological polar surface area (TPSA) is 59.1 Å². The van der Waals surface area contributed by atoms with Crippen LogP contribution in [0.4, 0.5) is 17.3 Å². The van der Waals surface area contributed by atoms with Crippen LogP contribution in [0.15, 0.2) is 65.4 Å². The first-order valence-electron chi connectivity index (χ1n) is 7.94. The van der Waals surface area contributed by atoms with Gasteiger partial charge in [-0.3, -0.25) is 0 Å². The minimum absolute atomic E-state index is 0.754. The fraction of sp³-hybridized carbons (Fsp3) is 0.158. The zero-order valence-corrected chi connectivity index (χ0v) is 15.5. The van der Waals surface area contributed by atoms with Gasteiger partial charge in [-0.05, 0) is 48.4 Å². The number of anilines is 3. The summed E-state index contributed by atoms with van der Waals surface area (Å²) in [7, 11) is 1.67. The second-order valence-electron chi connectivity index (χ2n) is 5.45. The van der Waals surface area contributed by atoms with E-state index in [1.807, 2.05) is 42.5 Å². The highest BCUT2D eigenvalue weighted by Gasteiger charge is 2.01. The van der Waals surface area contributed by atoms with Crippen LogP contribution in [0.1, 0.15) is 5.56 Å². The number of hydrogen-bond donors (Lipinski definition) is 2. The van der Waals surface area contributed by atoms with E-state index in [0.717, 1.165) is 40.5 Å². The Hall–Kier alpha value is -2.60. The number of methoxy groups -OCH3 is 1. The first-order chi connectivity index (χ1) is 12.2. The van der Waals surface area contributed by atoms with E-state index in [9.17, 15) is 0 Å². The minimum Gasteiger partial charge on any atom is -0.497 e. The van der Waals surface area contributed by atoms with Crippen LogP contribution in [-0.2, 0) is 6.42 Å². The molecule has 6 heteroatoms. The van der Waals surface area contributed by atoms with Crippen molar-refractivity contribution in [1.29, 1.82) is 0 Å². The summed E-state index contributed by atoms with van der Waals surface area (Å²) >= 11 is 3.43. The van der Waals surface area contributed by atoms with Crippen molar-refractivity contribution in [3.05, 3.63) is 71.0 Å². The quantitative estimate of drug-likeness (QED) is 0.606. The minimum atomic E-state index is 0.754. The Morgan fingerprint density at radius 1 is 0.960 bits per heavy atom. The van der Waals surface area contributed by atoms with Gasteiger partial charge in [0.05, 0.1) is 7.11 Å². The molecule has 5 nitrogen and oxygen atoms in total. The molecule has 0 saturated carbocycles. The Morgan fingerprint density at radius 2 is 1.68 bits per heavy atom. The van der Waals surface area contributed by atoms with Gasteiger partial charge in [0, 0.05) is 22.8 Å². The summed E-state index contributed by atoms with van der Waals surface area (Å²) in [5.41, 5.74) is 2.22.